The van der Waals surface area contributed by atoms with Crippen molar-refractivity contribution in [2.24, 2.45) is 17.3 Å². The predicted octanol–water partition coefficient (Wildman–Crippen LogP) is 0.484. The molecule has 0 aromatic heterocycles. The van der Waals surface area contributed by atoms with Crippen LogP contribution in [0.3, 0.4) is 0 Å². The van der Waals surface area contributed by atoms with Crippen LogP contribution in [0.15, 0.2) is 0 Å². The first-order chi connectivity index (χ1) is 11.3. The average Bonchev–Trinajstić information content (AvgIpc) is 3.23. The molecule has 0 heterocycles. The Hall–Kier alpha value is -2.07. The predicted molar refractivity (Wildman–Crippen MR) is 88.6 cm³/mol. The van der Waals surface area contributed by atoms with E-state index in [0.29, 0.717) is 23.9 Å². The van der Waals surface area contributed by atoms with Crippen LogP contribution in [0.2, 0.25) is 0 Å². The average molecular weight is 337 g/mol. The summed E-state index contributed by atoms with van der Waals surface area (Å²) in [4.78, 5) is 36.7. The summed E-state index contributed by atoms with van der Waals surface area (Å²) in [5.74, 6) is 5.40. The summed E-state index contributed by atoms with van der Waals surface area (Å²) in [6, 6.07) is 0. The number of nitrogens with one attached hydrogen (secondary N) is 1. The molecule has 1 rings (SSSR count). The molecule has 7 heteroatoms. The minimum absolute atomic E-state index is 0.103. The van der Waals surface area contributed by atoms with Crippen molar-refractivity contribution < 1.29 is 19.6 Å². The fraction of sp³-hybridized carbons (Fsp3) is 0.706. The third-order valence-electron chi connectivity index (χ3n) is 4.28. The topological polar surface area (TPSA) is 90.0 Å². The van der Waals surface area contributed by atoms with Gasteiger partial charge in [0, 0.05) is 19.5 Å². The Morgan fingerprint density at radius 3 is 2.67 bits per heavy atom. The number of hydrogen-bond donors (Lipinski definition) is 2. The van der Waals surface area contributed by atoms with Crippen LogP contribution in [-0.2, 0) is 14.4 Å². The van der Waals surface area contributed by atoms with Crippen LogP contribution in [0.4, 0.5) is 0 Å². The summed E-state index contributed by atoms with van der Waals surface area (Å²) in [6.07, 6.45) is 1.61. The lowest BCUT2D eigenvalue weighted by Gasteiger charge is -2.21. The van der Waals surface area contributed by atoms with Gasteiger partial charge in [-0.2, -0.15) is 0 Å². The lowest BCUT2D eigenvalue weighted by Crippen LogP contribution is -2.45. The van der Waals surface area contributed by atoms with E-state index in [2.05, 4.69) is 31.0 Å². The molecule has 2 N–H and O–H groups in total. The van der Waals surface area contributed by atoms with E-state index in [1.54, 1.807) is 18.9 Å². The number of hydroxylamine groups is 2. The minimum atomic E-state index is -0.935. The van der Waals surface area contributed by atoms with Crippen molar-refractivity contribution in [2.45, 2.75) is 33.6 Å². The second-order valence-corrected chi connectivity index (χ2v) is 6.69. The molecule has 2 unspecified atom stereocenters. The second-order valence-electron chi connectivity index (χ2n) is 6.69. The van der Waals surface area contributed by atoms with Crippen LogP contribution in [0.25, 0.3) is 0 Å². The minimum Gasteiger partial charge on any atom is -0.346 e. The number of nitrogens with zero attached hydrogens (tertiary/aromatic N) is 2. The summed E-state index contributed by atoms with van der Waals surface area (Å²) in [6.45, 7) is 6.24. The zero-order valence-electron chi connectivity index (χ0n) is 14.8. The smallest absolute Gasteiger partial charge is 0.241 e. The van der Waals surface area contributed by atoms with Gasteiger partial charge in [0.15, 0.2) is 0 Å². The molecule has 134 valence electrons. The van der Waals surface area contributed by atoms with E-state index in [4.69, 9.17) is 0 Å². The maximum Gasteiger partial charge on any atom is 0.241 e. The molecule has 0 spiro atoms. The molecule has 1 fully saturated rings. The number of carbonyl (C=O) groups is 3. The van der Waals surface area contributed by atoms with Crippen LogP contribution >= 0.6 is 0 Å². The van der Waals surface area contributed by atoms with Gasteiger partial charge in [0.2, 0.25) is 18.2 Å². The van der Waals surface area contributed by atoms with E-state index in [-0.39, 0.29) is 37.2 Å². The van der Waals surface area contributed by atoms with E-state index in [9.17, 15) is 19.6 Å². The Morgan fingerprint density at radius 1 is 1.46 bits per heavy atom. The molecule has 3 amide bonds. The molecule has 0 aliphatic heterocycles. The van der Waals surface area contributed by atoms with Crippen molar-refractivity contribution in [3.8, 4) is 11.8 Å². The Bertz CT molecular complexity index is 538. The van der Waals surface area contributed by atoms with Crippen molar-refractivity contribution >= 4 is 18.2 Å². The van der Waals surface area contributed by atoms with Gasteiger partial charge in [-0.25, -0.2) is 5.06 Å². The fourth-order valence-electron chi connectivity index (χ4n) is 2.54. The van der Waals surface area contributed by atoms with Gasteiger partial charge in [-0.05, 0) is 25.7 Å². The summed E-state index contributed by atoms with van der Waals surface area (Å²) in [7, 11) is 1.71. The quantitative estimate of drug-likeness (QED) is 0.277. The maximum atomic E-state index is 12.5. The van der Waals surface area contributed by atoms with Crippen molar-refractivity contribution in [3.63, 3.8) is 0 Å². The van der Waals surface area contributed by atoms with E-state index in [1.165, 1.54) is 0 Å². The van der Waals surface area contributed by atoms with E-state index in [1.807, 2.05) is 0 Å². The normalized spacial score (nSPS) is 21.5. The van der Waals surface area contributed by atoms with E-state index >= 15 is 0 Å². The molecule has 0 radical (unpaired) electrons. The lowest BCUT2D eigenvalue weighted by molar-refractivity contribution is -0.156. The van der Waals surface area contributed by atoms with Gasteiger partial charge in [-0.1, -0.05) is 19.8 Å². The standard InChI is InChI=1S/C17H27N3O4/c1-5-6-14-9-17(14,11-20(24)12-21)16(23)18-10-15(22)19(4)8-7-13(2)3/h12-14,24H,7-11H2,1-4H3,(H,18,23). The van der Waals surface area contributed by atoms with E-state index < -0.39 is 5.41 Å². The molecule has 0 saturated heterocycles. The van der Waals surface area contributed by atoms with Gasteiger partial charge in [0.05, 0.1) is 18.5 Å². The number of rotatable bonds is 9. The Kier molecular flexibility index (Phi) is 7.23. The molecule has 2 atom stereocenters. The Balaban J connectivity index is 2.58. The summed E-state index contributed by atoms with van der Waals surface area (Å²) < 4.78 is 0. The second kappa shape index (κ2) is 8.69. The molecular weight excluding hydrogens is 310 g/mol. The third-order valence-corrected chi connectivity index (χ3v) is 4.28. The zero-order chi connectivity index (χ0) is 18.3. The molecule has 1 saturated carbocycles. The van der Waals surface area contributed by atoms with Crippen LogP contribution in [0.1, 0.15) is 33.6 Å². The van der Waals surface area contributed by atoms with Gasteiger partial charge in [-0.15, -0.1) is 5.92 Å². The molecule has 7 nitrogen and oxygen atoms in total. The lowest BCUT2D eigenvalue weighted by atomic mass is 10.0. The number of amides is 3. The summed E-state index contributed by atoms with van der Waals surface area (Å²) in [5.41, 5.74) is -0.935. The van der Waals surface area contributed by atoms with Crippen molar-refractivity contribution in [3.05, 3.63) is 0 Å². The third kappa shape index (κ3) is 5.24. The number of hydrogen-bond acceptors (Lipinski definition) is 4. The van der Waals surface area contributed by atoms with Crippen LogP contribution in [0.5, 0.6) is 0 Å². The molecular formula is C17H27N3O4. The van der Waals surface area contributed by atoms with Gasteiger partial charge in [-0.3, -0.25) is 19.6 Å². The van der Waals surface area contributed by atoms with Gasteiger partial charge in [0.25, 0.3) is 0 Å². The molecule has 0 bridgehead atoms. The van der Waals surface area contributed by atoms with Crippen molar-refractivity contribution in [2.75, 3.05) is 26.7 Å². The van der Waals surface area contributed by atoms with Crippen molar-refractivity contribution in [1.29, 1.82) is 0 Å². The van der Waals surface area contributed by atoms with Gasteiger partial charge in [0.1, 0.15) is 0 Å². The first kappa shape index (κ1) is 20.0. The monoisotopic (exact) mass is 337 g/mol. The molecule has 1 aliphatic rings. The highest BCUT2D eigenvalue weighted by Crippen LogP contribution is 2.52. The first-order valence-corrected chi connectivity index (χ1v) is 8.12. The van der Waals surface area contributed by atoms with Gasteiger partial charge < -0.3 is 10.2 Å². The van der Waals surface area contributed by atoms with Crippen molar-refractivity contribution in [1.82, 2.24) is 15.3 Å². The van der Waals surface area contributed by atoms with Crippen LogP contribution in [0, 0.1) is 29.1 Å². The highest BCUT2D eigenvalue weighted by molar-refractivity contribution is 5.90. The van der Waals surface area contributed by atoms with Gasteiger partial charge >= 0.3 is 0 Å². The summed E-state index contributed by atoms with van der Waals surface area (Å²) >= 11 is 0. The number of carbonyl (C=O) groups excluding carboxylic acids is 3. The van der Waals surface area contributed by atoms with Crippen LogP contribution in [-0.4, -0.2) is 60.1 Å². The first-order valence-electron chi connectivity index (χ1n) is 8.12. The van der Waals surface area contributed by atoms with Crippen LogP contribution < -0.4 is 5.32 Å². The highest BCUT2D eigenvalue weighted by Gasteiger charge is 2.60. The molecule has 0 aromatic rings. The zero-order valence-corrected chi connectivity index (χ0v) is 14.8. The number of likely N-dealkylation sites (N-methyl/N-ethyl adjacent to an activating group) is 1. The molecule has 0 aromatic carbocycles. The summed E-state index contributed by atoms with van der Waals surface area (Å²) in [5, 5.41) is 12.5. The highest BCUT2D eigenvalue weighted by atomic mass is 16.5. The maximum absolute atomic E-state index is 12.5. The Morgan fingerprint density at radius 2 is 2.12 bits per heavy atom. The SMILES string of the molecule is CC#CC1CC1(CN(O)C=O)C(=O)NCC(=O)N(C)CCC(C)C. The Labute approximate surface area is 143 Å². The fourth-order valence-corrected chi connectivity index (χ4v) is 2.54. The molecule has 1 aliphatic carbocycles. The molecule has 24 heavy (non-hydrogen) atoms. The van der Waals surface area contributed by atoms with E-state index in [0.717, 1.165) is 6.42 Å². The largest absolute Gasteiger partial charge is 0.346 e.